The van der Waals surface area contributed by atoms with Crippen molar-refractivity contribution in [3.05, 3.63) is 42.2 Å². The molecule has 0 saturated heterocycles. The number of fused-ring (bicyclic) bond motifs is 1. The van der Waals surface area contributed by atoms with Crippen molar-refractivity contribution in [1.82, 2.24) is 5.73 Å². The van der Waals surface area contributed by atoms with Gasteiger partial charge in [0.2, 0.25) is 0 Å². The van der Waals surface area contributed by atoms with Gasteiger partial charge in [-0.25, -0.2) is 5.73 Å². The summed E-state index contributed by atoms with van der Waals surface area (Å²) in [5, 5.41) is 0. The van der Waals surface area contributed by atoms with Gasteiger partial charge in [-0.05, 0) is 12.1 Å². The van der Waals surface area contributed by atoms with Crippen LogP contribution in [0.5, 0.6) is 5.75 Å². The van der Waals surface area contributed by atoms with E-state index in [1.54, 1.807) is 12.3 Å². The Morgan fingerprint density at radius 2 is 2.09 bits per heavy atom. The maximum absolute atomic E-state index is 7.59. The fourth-order valence-corrected chi connectivity index (χ4v) is 1.14. The summed E-state index contributed by atoms with van der Waals surface area (Å²) in [5.74, 6) is 0.801. The minimum absolute atomic E-state index is 0.264. The Kier molecular flexibility index (Phi) is 1.40. The summed E-state index contributed by atoms with van der Waals surface area (Å²) in [5.41, 5.74) is 8.53. The van der Waals surface area contributed by atoms with E-state index in [4.69, 9.17) is 10.5 Å². The van der Waals surface area contributed by atoms with Crippen molar-refractivity contribution in [2.75, 3.05) is 0 Å². The molecule has 0 spiro atoms. The molecule has 2 heteroatoms. The molecular weight excluding hydrogens is 138 g/mol. The van der Waals surface area contributed by atoms with E-state index in [0.717, 1.165) is 11.3 Å². The normalized spacial score (nSPS) is 20.6. The highest BCUT2D eigenvalue weighted by Gasteiger charge is 2.12. The van der Waals surface area contributed by atoms with Gasteiger partial charge in [0.1, 0.15) is 5.75 Å². The first-order valence-corrected chi connectivity index (χ1v) is 3.51. The summed E-state index contributed by atoms with van der Waals surface area (Å²) in [7, 11) is 0. The van der Waals surface area contributed by atoms with Gasteiger partial charge in [-0.3, -0.25) is 0 Å². The van der Waals surface area contributed by atoms with Crippen molar-refractivity contribution in [2.24, 2.45) is 0 Å². The molecule has 1 unspecified atom stereocenters. The third-order valence-corrected chi connectivity index (χ3v) is 1.72. The third-order valence-electron chi connectivity index (χ3n) is 1.72. The number of ether oxygens (including phenoxy) is 1. The van der Waals surface area contributed by atoms with Crippen molar-refractivity contribution in [3.8, 4) is 5.75 Å². The number of nitrogens with one attached hydrogen (secondary N) is 1. The Morgan fingerprint density at radius 1 is 1.27 bits per heavy atom. The summed E-state index contributed by atoms with van der Waals surface area (Å²) in [4.78, 5) is 0. The molecule has 1 heterocycles. The number of rotatable bonds is 0. The first kappa shape index (κ1) is 6.43. The zero-order valence-electron chi connectivity index (χ0n) is 5.95. The summed E-state index contributed by atoms with van der Waals surface area (Å²) in [6, 6.07) is 7.35. The highest BCUT2D eigenvalue weighted by atomic mass is 16.5. The molecular formula is C9H8NO. The van der Waals surface area contributed by atoms with Gasteiger partial charge in [0.25, 0.3) is 0 Å². The highest BCUT2D eigenvalue weighted by Crippen LogP contribution is 2.28. The minimum atomic E-state index is -0.264. The van der Waals surface area contributed by atoms with Crippen LogP contribution < -0.4 is 10.5 Å². The SMILES string of the molecule is [NH]C1C=COc2ccccc21. The molecule has 1 aliphatic heterocycles. The van der Waals surface area contributed by atoms with Crippen molar-refractivity contribution < 1.29 is 4.74 Å². The molecule has 0 amide bonds. The van der Waals surface area contributed by atoms with Gasteiger partial charge >= 0.3 is 0 Å². The lowest BCUT2D eigenvalue weighted by atomic mass is 10.1. The molecule has 1 aliphatic rings. The van der Waals surface area contributed by atoms with Gasteiger partial charge < -0.3 is 4.74 Å². The van der Waals surface area contributed by atoms with Gasteiger partial charge in [-0.2, -0.15) is 0 Å². The average Bonchev–Trinajstić information content (AvgIpc) is 2.06. The molecule has 0 aliphatic carbocycles. The predicted octanol–water partition coefficient (Wildman–Crippen LogP) is 1.92. The van der Waals surface area contributed by atoms with E-state index in [9.17, 15) is 0 Å². The van der Waals surface area contributed by atoms with Crippen molar-refractivity contribution in [1.29, 1.82) is 0 Å². The molecule has 2 rings (SSSR count). The van der Waals surface area contributed by atoms with Crippen LogP contribution in [0.4, 0.5) is 0 Å². The first-order chi connectivity index (χ1) is 5.38. The molecule has 2 nitrogen and oxygen atoms in total. The molecule has 1 aromatic carbocycles. The minimum Gasteiger partial charge on any atom is -0.465 e. The summed E-state index contributed by atoms with van der Waals surface area (Å²) < 4.78 is 5.19. The quantitative estimate of drug-likeness (QED) is 0.550. The van der Waals surface area contributed by atoms with E-state index in [1.807, 2.05) is 24.3 Å². The van der Waals surface area contributed by atoms with Crippen LogP contribution in [0, 0.1) is 0 Å². The zero-order valence-corrected chi connectivity index (χ0v) is 5.95. The molecule has 1 radical (unpaired) electrons. The Morgan fingerprint density at radius 3 is 2.91 bits per heavy atom. The van der Waals surface area contributed by atoms with Crippen LogP contribution >= 0.6 is 0 Å². The highest BCUT2D eigenvalue weighted by molar-refractivity contribution is 5.39. The van der Waals surface area contributed by atoms with Gasteiger partial charge in [0.05, 0.1) is 12.3 Å². The van der Waals surface area contributed by atoms with Crippen LogP contribution in [0.25, 0.3) is 0 Å². The van der Waals surface area contributed by atoms with E-state index in [0.29, 0.717) is 0 Å². The van der Waals surface area contributed by atoms with E-state index in [2.05, 4.69) is 0 Å². The average molecular weight is 146 g/mol. The van der Waals surface area contributed by atoms with Crippen molar-refractivity contribution in [3.63, 3.8) is 0 Å². The van der Waals surface area contributed by atoms with Crippen LogP contribution in [0.3, 0.4) is 0 Å². The predicted molar refractivity (Wildman–Crippen MR) is 42.0 cm³/mol. The second-order valence-corrected chi connectivity index (χ2v) is 2.46. The maximum atomic E-state index is 7.59. The number of para-hydroxylation sites is 1. The lowest BCUT2D eigenvalue weighted by molar-refractivity contribution is 0.453. The van der Waals surface area contributed by atoms with Gasteiger partial charge in [-0.15, -0.1) is 0 Å². The fraction of sp³-hybridized carbons (Fsp3) is 0.111. The standard InChI is InChI=1S/C9H8NO/c10-8-5-6-11-9-4-2-1-3-7(8)9/h1-6,8,10H. The number of hydrogen-bond acceptors (Lipinski definition) is 1. The first-order valence-electron chi connectivity index (χ1n) is 3.51. The molecule has 0 bridgehead atoms. The maximum Gasteiger partial charge on any atom is 0.131 e. The molecule has 1 atom stereocenters. The van der Waals surface area contributed by atoms with E-state index in [1.165, 1.54) is 0 Å². The number of hydrogen-bond donors (Lipinski definition) is 0. The van der Waals surface area contributed by atoms with E-state index >= 15 is 0 Å². The fourth-order valence-electron chi connectivity index (χ4n) is 1.14. The largest absolute Gasteiger partial charge is 0.465 e. The Balaban J connectivity index is 2.50. The Hall–Kier alpha value is -1.28. The van der Waals surface area contributed by atoms with E-state index in [-0.39, 0.29) is 6.04 Å². The van der Waals surface area contributed by atoms with Gasteiger partial charge in [0, 0.05) is 5.56 Å². The summed E-state index contributed by atoms with van der Waals surface area (Å²) >= 11 is 0. The second-order valence-electron chi connectivity index (χ2n) is 2.46. The third kappa shape index (κ3) is 1.01. The summed E-state index contributed by atoms with van der Waals surface area (Å²) in [6.45, 7) is 0. The van der Waals surface area contributed by atoms with Crippen LogP contribution in [-0.2, 0) is 0 Å². The van der Waals surface area contributed by atoms with Crippen LogP contribution in [0.15, 0.2) is 36.6 Å². The lowest BCUT2D eigenvalue weighted by Crippen LogP contribution is -2.03. The zero-order chi connectivity index (χ0) is 7.68. The smallest absolute Gasteiger partial charge is 0.131 e. The van der Waals surface area contributed by atoms with Crippen LogP contribution in [0.1, 0.15) is 11.6 Å². The van der Waals surface area contributed by atoms with Gasteiger partial charge in [-0.1, -0.05) is 18.2 Å². The van der Waals surface area contributed by atoms with Crippen molar-refractivity contribution >= 4 is 0 Å². The molecule has 11 heavy (non-hydrogen) atoms. The molecule has 0 aromatic heterocycles. The monoisotopic (exact) mass is 146 g/mol. The van der Waals surface area contributed by atoms with Crippen molar-refractivity contribution in [2.45, 2.75) is 6.04 Å². The second kappa shape index (κ2) is 2.40. The topological polar surface area (TPSA) is 33.0 Å². The summed E-state index contributed by atoms with van der Waals surface area (Å²) in [6.07, 6.45) is 3.29. The molecule has 0 saturated carbocycles. The molecule has 0 fully saturated rings. The molecule has 55 valence electrons. The van der Waals surface area contributed by atoms with E-state index < -0.39 is 0 Å². The van der Waals surface area contributed by atoms with Crippen LogP contribution in [-0.4, -0.2) is 0 Å². The molecule has 1 N–H and O–H groups in total. The van der Waals surface area contributed by atoms with Gasteiger partial charge in [0.15, 0.2) is 0 Å². The Bertz CT molecular complexity index is 293. The van der Waals surface area contributed by atoms with Crippen LogP contribution in [0.2, 0.25) is 0 Å². The Labute approximate surface area is 65.3 Å². The molecule has 1 aromatic rings. The number of benzene rings is 1. The lowest BCUT2D eigenvalue weighted by Gasteiger charge is -2.15.